The van der Waals surface area contributed by atoms with E-state index >= 15 is 0 Å². The summed E-state index contributed by atoms with van der Waals surface area (Å²) < 4.78 is 0. The van der Waals surface area contributed by atoms with Gasteiger partial charge in [-0.15, -0.1) is 0 Å². The van der Waals surface area contributed by atoms with Crippen molar-refractivity contribution in [1.29, 1.82) is 0 Å². The molecule has 3 saturated carbocycles. The van der Waals surface area contributed by atoms with Gasteiger partial charge in [-0.1, -0.05) is 40.0 Å². The number of carbonyl (C=O) groups excluding carboxylic acids is 2. The molecule has 4 rings (SSSR count). The molecule has 4 aliphatic rings. The van der Waals surface area contributed by atoms with Crippen LogP contribution in [0.3, 0.4) is 0 Å². The van der Waals surface area contributed by atoms with Crippen LogP contribution in [0.2, 0.25) is 0 Å². The Morgan fingerprint density at radius 3 is 2.39 bits per heavy atom. The SMILES string of the molecule is CC1C[C@H]2[C@@H]3CCC4N(C)C(=O)CC[C@]4(C)[C@@H]3CC[C@]2(C)C1CNC(=O)CCCCCCCC(=O)O. The number of nitrogens with one attached hydrogen (secondary N) is 1. The second kappa shape index (κ2) is 11.0. The Morgan fingerprint density at radius 1 is 0.972 bits per heavy atom. The van der Waals surface area contributed by atoms with Crippen LogP contribution >= 0.6 is 0 Å². The molecule has 3 unspecified atom stereocenters. The van der Waals surface area contributed by atoms with Crippen molar-refractivity contribution in [3.8, 4) is 0 Å². The number of nitrogens with zero attached hydrogens (tertiary/aromatic N) is 1. The fourth-order valence-corrected chi connectivity index (χ4v) is 9.46. The standard InChI is InChI=1S/C30H50N2O4/c1-20-18-23-21-12-13-25-30(3,17-15-27(34)32(25)4)22(21)14-16-29(23,2)24(20)19-31-26(33)10-8-6-5-7-9-11-28(35)36/h20-25H,5-19H2,1-4H3,(H,31,33)(H,35,36)/t20?,21-,22-,23+,24?,25?,29+,30-/m1/s1. The van der Waals surface area contributed by atoms with E-state index in [1.54, 1.807) is 0 Å². The quantitative estimate of drug-likeness (QED) is 0.378. The molecule has 2 N–H and O–H groups in total. The normalized spacial score (nSPS) is 39.8. The number of rotatable bonds is 10. The van der Waals surface area contributed by atoms with Crippen molar-refractivity contribution in [3.63, 3.8) is 0 Å². The first kappa shape index (κ1) is 27.4. The van der Waals surface area contributed by atoms with Gasteiger partial charge in [-0.05, 0) is 91.8 Å². The van der Waals surface area contributed by atoms with Gasteiger partial charge < -0.3 is 15.3 Å². The largest absolute Gasteiger partial charge is 0.481 e. The smallest absolute Gasteiger partial charge is 0.303 e. The molecule has 0 aromatic rings. The summed E-state index contributed by atoms with van der Waals surface area (Å²) in [6.07, 6.45) is 13.4. The summed E-state index contributed by atoms with van der Waals surface area (Å²) in [6, 6.07) is 0.412. The highest BCUT2D eigenvalue weighted by molar-refractivity contribution is 5.77. The maximum absolute atomic E-state index is 12.6. The summed E-state index contributed by atoms with van der Waals surface area (Å²) in [5.74, 6) is 3.19. The molecule has 36 heavy (non-hydrogen) atoms. The van der Waals surface area contributed by atoms with E-state index < -0.39 is 5.97 Å². The molecule has 0 bridgehead atoms. The molecule has 0 radical (unpaired) electrons. The van der Waals surface area contributed by atoms with E-state index in [0.29, 0.717) is 42.0 Å². The zero-order valence-electron chi connectivity index (χ0n) is 23.2. The maximum atomic E-state index is 12.6. The lowest BCUT2D eigenvalue weighted by Crippen LogP contribution is -2.61. The lowest BCUT2D eigenvalue weighted by molar-refractivity contribution is -0.158. The van der Waals surface area contributed by atoms with Gasteiger partial charge in [0, 0.05) is 38.9 Å². The Morgan fingerprint density at radius 2 is 1.67 bits per heavy atom. The van der Waals surface area contributed by atoms with Gasteiger partial charge >= 0.3 is 5.97 Å². The van der Waals surface area contributed by atoms with E-state index in [4.69, 9.17) is 5.11 Å². The molecule has 6 nitrogen and oxygen atoms in total. The number of carboxylic acid groups (broad SMARTS) is 1. The van der Waals surface area contributed by atoms with Gasteiger partial charge in [-0.25, -0.2) is 0 Å². The molecule has 3 aliphatic carbocycles. The predicted octanol–water partition coefficient (Wildman–Crippen LogP) is 5.64. The highest BCUT2D eigenvalue weighted by Gasteiger charge is 2.62. The first-order valence-corrected chi connectivity index (χ1v) is 14.8. The molecule has 0 spiro atoms. The lowest BCUT2D eigenvalue weighted by atomic mass is 9.47. The first-order chi connectivity index (χ1) is 17.1. The Hall–Kier alpha value is -1.59. The minimum absolute atomic E-state index is 0.177. The third kappa shape index (κ3) is 5.20. The fraction of sp³-hybridized carbons (Fsp3) is 0.900. The van der Waals surface area contributed by atoms with Crippen LogP contribution in [0.4, 0.5) is 0 Å². The Bertz CT molecular complexity index is 830. The average molecular weight is 503 g/mol. The predicted molar refractivity (Wildman–Crippen MR) is 141 cm³/mol. The van der Waals surface area contributed by atoms with Gasteiger partial charge in [-0.3, -0.25) is 14.4 Å². The lowest BCUT2D eigenvalue weighted by Gasteiger charge is -2.61. The van der Waals surface area contributed by atoms with E-state index in [1.807, 2.05) is 7.05 Å². The molecule has 6 heteroatoms. The van der Waals surface area contributed by atoms with E-state index in [9.17, 15) is 14.4 Å². The number of hydrogen-bond acceptors (Lipinski definition) is 3. The number of carboxylic acids is 1. The number of amides is 2. The number of aliphatic carboxylic acids is 1. The molecule has 204 valence electrons. The Kier molecular flexibility index (Phi) is 8.41. The van der Waals surface area contributed by atoms with Crippen molar-refractivity contribution in [2.24, 2.45) is 40.4 Å². The maximum Gasteiger partial charge on any atom is 0.303 e. The third-order valence-electron chi connectivity index (χ3n) is 11.5. The monoisotopic (exact) mass is 502 g/mol. The zero-order valence-corrected chi connectivity index (χ0v) is 23.2. The summed E-state index contributed by atoms with van der Waals surface area (Å²) in [5, 5.41) is 12.0. The number of piperidine rings is 1. The van der Waals surface area contributed by atoms with Crippen LogP contribution in [0.5, 0.6) is 0 Å². The summed E-state index contributed by atoms with van der Waals surface area (Å²) in [6.45, 7) is 8.23. The minimum Gasteiger partial charge on any atom is -0.481 e. The van der Waals surface area contributed by atoms with Crippen LogP contribution in [0, 0.1) is 40.4 Å². The van der Waals surface area contributed by atoms with Gasteiger partial charge in [0.1, 0.15) is 0 Å². The van der Waals surface area contributed by atoms with E-state index in [1.165, 1.54) is 25.7 Å². The minimum atomic E-state index is -0.722. The van der Waals surface area contributed by atoms with Crippen molar-refractivity contribution in [3.05, 3.63) is 0 Å². The third-order valence-corrected chi connectivity index (χ3v) is 11.5. The van der Waals surface area contributed by atoms with Crippen molar-refractivity contribution < 1.29 is 19.5 Å². The van der Waals surface area contributed by atoms with Crippen molar-refractivity contribution in [1.82, 2.24) is 10.2 Å². The molecule has 8 atom stereocenters. The average Bonchev–Trinajstić information content (AvgIpc) is 3.09. The summed E-state index contributed by atoms with van der Waals surface area (Å²) >= 11 is 0. The van der Waals surface area contributed by atoms with Gasteiger partial charge in [0.15, 0.2) is 0 Å². The summed E-state index contributed by atoms with van der Waals surface area (Å²) in [4.78, 5) is 37.7. The molecule has 0 aromatic heterocycles. The zero-order chi connectivity index (χ0) is 26.1. The van der Waals surface area contributed by atoms with Crippen LogP contribution in [0.15, 0.2) is 0 Å². The highest BCUT2D eigenvalue weighted by Crippen LogP contribution is 2.67. The number of unbranched alkanes of at least 4 members (excludes halogenated alkanes) is 4. The van der Waals surface area contributed by atoms with Gasteiger partial charge in [0.05, 0.1) is 0 Å². The van der Waals surface area contributed by atoms with Gasteiger partial charge in [-0.2, -0.15) is 0 Å². The Balaban J connectivity index is 1.29. The van der Waals surface area contributed by atoms with Crippen molar-refractivity contribution >= 4 is 17.8 Å². The van der Waals surface area contributed by atoms with E-state index in [0.717, 1.165) is 69.2 Å². The Labute approximate surface area is 218 Å². The van der Waals surface area contributed by atoms with Crippen LogP contribution in [0.25, 0.3) is 0 Å². The molecule has 0 aromatic carbocycles. The fourth-order valence-electron chi connectivity index (χ4n) is 9.46. The van der Waals surface area contributed by atoms with Crippen molar-refractivity contribution in [2.45, 2.75) is 117 Å². The topological polar surface area (TPSA) is 86.7 Å². The molecule has 1 saturated heterocycles. The number of likely N-dealkylation sites (tertiary alicyclic amines) is 1. The van der Waals surface area contributed by atoms with Gasteiger partial charge in [0.25, 0.3) is 0 Å². The van der Waals surface area contributed by atoms with Crippen molar-refractivity contribution in [2.75, 3.05) is 13.6 Å². The first-order valence-electron chi connectivity index (χ1n) is 14.8. The molecule has 1 heterocycles. The van der Waals surface area contributed by atoms with Crippen LogP contribution in [-0.2, 0) is 14.4 Å². The summed E-state index contributed by atoms with van der Waals surface area (Å²) in [7, 11) is 2.04. The molecule has 2 amide bonds. The highest BCUT2D eigenvalue weighted by atomic mass is 16.4. The second-order valence-corrected chi connectivity index (χ2v) is 13.3. The molecule has 4 fully saturated rings. The van der Waals surface area contributed by atoms with Crippen LogP contribution < -0.4 is 5.32 Å². The van der Waals surface area contributed by atoms with E-state index in [2.05, 4.69) is 31.0 Å². The molecular formula is C30H50N2O4. The summed E-state index contributed by atoms with van der Waals surface area (Å²) in [5.41, 5.74) is 0.563. The second-order valence-electron chi connectivity index (χ2n) is 13.3. The van der Waals surface area contributed by atoms with Crippen LogP contribution in [-0.4, -0.2) is 47.4 Å². The number of carbonyl (C=O) groups is 3. The van der Waals surface area contributed by atoms with Crippen LogP contribution in [0.1, 0.15) is 111 Å². The van der Waals surface area contributed by atoms with Gasteiger partial charge in [0.2, 0.25) is 11.8 Å². The molecule has 1 aliphatic heterocycles. The number of fused-ring (bicyclic) bond motifs is 5. The van der Waals surface area contributed by atoms with E-state index in [-0.39, 0.29) is 17.7 Å². The number of hydrogen-bond donors (Lipinski definition) is 2. The molecular weight excluding hydrogens is 452 g/mol.